The normalized spacial score (nSPS) is 16.5. The quantitative estimate of drug-likeness (QED) is 0.832. The molecule has 0 spiro atoms. The molecule has 0 radical (unpaired) electrons. The first kappa shape index (κ1) is 18.8. The number of pyridine rings is 1. The summed E-state index contributed by atoms with van der Waals surface area (Å²) in [5.74, 6) is 0.562. The van der Waals surface area contributed by atoms with E-state index in [0.29, 0.717) is 29.8 Å². The van der Waals surface area contributed by atoms with E-state index in [1.54, 1.807) is 12.1 Å². The van der Waals surface area contributed by atoms with Crippen LogP contribution >= 0.6 is 11.6 Å². The molecule has 0 aromatic carbocycles. The summed E-state index contributed by atoms with van der Waals surface area (Å²) >= 11 is 5.75. The summed E-state index contributed by atoms with van der Waals surface area (Å²) in [7, 11) is -3.62. The van der Waals surface area contributed by atoms with E-state index < -0.39 is 10.0 Å². The Bertz CT molecular complexity index is 874. The van der Waals surface area contributed by atoms with E-state index in [-0.39, 0.29) is 17.5 Å². The van der Waals surface area contributed by atoms with Crippen LogP contribution in [0.5, 0.6) is 0 Å². The summed E-state index contributed by atoms with van der Waals surface area (Å²) in [5, 5.41) is 3.05. The molecule has 1 aliphatic rings. The van der Waals surface area contributed by atoms with Crippen molar-refractivity contribution < 1.29 is 13.2 Å². The van der Waals surface area contributed by atoms with E-state index in [9.17, 15) is 13.2 Å². The molecule has 3 rings (SSSR count). The van der Waals surface area contributed by atoms with Gasteiger partial charge in [0.25, 0.3) is 10.0 Å². The number of nitrogens with zero attached hydrogens (tertiary/aromatic N) is 4. The van der Waals surface area contributed by atoms with Crippen LogP contribution in [-0.2, 0) is 21.4 Å². The van der Waals surface area contributed by atoms with Crippen LogP contribution in [0.1, 0.15) is 19.8 Å². The first-order valence-electron chi connectivity index (χ1n) is 8.28. The van der Waals surface area contributed by atoms with Crippen molar-refractivity contribution in [3.05, 3.63) is 35.9 Å². The Morgan fingerprint density at radius 1 is 1.31 bits per heavy atom. The van der Waals surface area contributed by atoms with E-state index >= 15 is 0 Å². The van der Waals surface area contributed by atoms with E-state index in [1.165, 1.54) is 27.6 Å². The third-order valence-electron chi connectivity index (χ3n) is 4.28. The minimum atomic E-state index is -3.62. The molecular formula is C16H20ClN5O3S. The molecular weight excluding hydrogens is 378 g/mol. The van der Waals surface area contributed by atoms with Gasteiger partial charge >= 0.3 is 0 Å². The summed E-state index contributed by atoms with van der Waals surface area (Å²) in [6.07, 6.45) is 5.84. The highest BCUT2D eigenvalue weighted by atomic mass is 35.5. The van der Waals surface area contributed by atoms with Gasteiger partial charge in [0.2, 0.25) is 5.91 Å². The molecule has 10 heteroatoms. The highest BCUT2D eigenvalue weighted by Crippen LogP contribution is 2.22. The minimum absolute atomic E-state index is 0.0375. The number of sulfonamides is 1. The van der Waals surface area contributed by atoms with Gasteiger partial charge in [0, 0.05) is 25.5 Å². The molecule has 140 valence electrons. The first-order valence-corrected chi connectivity index (χ1v) is 10.1. The highest BCUT2D eigenvalue weighted by molar-refractivity contribution is 7.89. The predicted molar refractivity (Wildman–Crippen MR) is 97.3 cm³/mol. The lowest BCUT2D eigenvalue weighted by atomic mass is 10.0. The van der Waals surface area contributed by atoms with Gasteiger partial charge in [-0.05, 0) is 30.9 Å². The Morgan fingerprint density at radius 3 is 2.69 bits per heavy atom. The fourth-order valence-corrected chi connectivity index (χ4v) is 4.23. The number of imidazole rings is 1. The summed E-state index contributed by atoms with van der Waals surface area (Å²) in [5.41, 5.74) is 0. The van der Waals surface area contributed by atoms with Gasteiger partial charge in [0.05, 0.1) is 11.3 Å². The lowest BCUT2D eigenvalue weighted by Crippen LogP contribution is -2.38. The molecule has 0 unspecified atom stereocenters. The SMILES string of the molecule is CC1CCN(S(=O)(=O)c2cn(CC(=O)Nc3ccc(Cl)cn3)cn2)CC1. The van der Waals surface area contributed by atoms with Crippen molar-refractivity contribution >= 4 is 33.3 Å². The third-order valence-corrected chi connectivity index (χ3v) is 6.29. The zero-order valence-electron chi connectivity index (χ0n) is 14.3. The van der Waals surface area contributed by atoms with Crippen molar-refractivity contribution in [2.75, 3.05) is 18.4 Å². The van der Waals surface area contributed by atoms with Crippen molar-refractivity contribution in [1.29, 1.82) is 0 Å². The number of nitrogens with one attached hydrogen (secondary N) is 1. The Hall–Kier alpha value is -1.97. The molecule has 0 bridgehead atoms. The van der Waals surface area contributed by atoms with Crippen LogP contribution in [0.15, 0.2) is 35.9 Å². The molecule has 1 fully saturated rings. The molecule has 0 saturated carbocycles. The Kier molecular flexibility index (Phi) is 5.59. The largest absolute Gasteiger partial charge is 0.327 e. The highest BCUT2D eigenvalue weighted by Gasteiger charge is 2.29. The lowest BCUT2D eigenvalue weighted by Gasteiger charge is -2.28. The number of carbonyl (C=O) groups excluding carboxylic acids is 1. The van der Waals surface area contributed by atoms with E-state index in [0.717, 1.165) is 12.8 Å². The van der Waals surface area contributed by atoms with Crippen molar-refractivity contribution in [3.63, 3.8) is 0 Å². The first-order chi connectivity index (χ1) is 12.3. The number of aromatic nitrogens is 3. The second kappa shape index (κ2) is 7.73. The number of halogens is 1. The molecule has 1 saturated heterocycles. The summed E-state index contributed by atoms with van der Waals surface area (Å²) in [6, 6.07) is 3.20. The minimum Gasteiger partial charge on any atom is -0.327 e. The Balaban J connectivity index is 1.63. The Labute approximate surface area is 157 Å². The van der Waals surface area contributed by atoms with Gasteiger partial charge < -0.3 is 9.88 Å². The Morgan fingerprint density at radius 2 is 2.04 bits per heavy atom. The number of anilines is 1. The van der Waals surface area contributed by atoms with Crippen LogP contribution < -0.4 is 5.32 Å². The zero-order valence-corrected chi connectivity index (χ0v) is 15.9. The van der Waals surface area contributed by atoms with Gasteiger partial charge in [-0.15, -0.1) is 0 Å². The van der Waals surface area contributed by atoms with Gasteiger partial charge in [-0.1, -0.05) is 18.5 Å². The molecule has 26 heavy (non-hydrogen) atoms. The second-order valence-electron chi connectivity index (χ2n) is 6.38. The van der Waals surface area contributed by atoms with Crippen LogP contribution in [-0.4, -0.2) is 46.3 Å². The van der Waals surface area contributed by atoms with Gasteiger partial charge in [-0.3, -0.25) is 4.79 Å². The van der Waals surface area contributed by atoms with E-state index in [1.807, 2.05) is 0 Å². The standard InChI is InChI=1S/C16H20ClN5O3S/c1-12-4-6-22(7-5-12)26(24,25)16-10-21(11-19-16)9-15(23)20-14-3-2-13(17)8-18-14/h2-3,8,10-12H,4-7,9H2,1H3,(H,18,20,23). The van der Waals surface area contributed by atoms with E-state index in [4.69, 9.17) is 11.6 Å². The maximum atomic E-state index is 12.6. The third kappa shape index (κ3) is 4.40. The zero-order chi connectivity index (χ0) is 18.7. The molecule has 0 aliphatic carbocycles. The number of piperidine rings is 1. The van der Waals surface area contributed by atoms with Crippen molar-refractivity contribution in [1.82, 2.24) is 18.8 Å². The number of carbonyl (C=O) groups is 1. The van der Waals surface area contributed by atoms with Crippen LogP contribution in [0.4, 0.5) is 5.82 Å². The summed E-state index contributed by atoms with van der Waals surface area (Å²) in [6.45, 7) is 3.05. The van der Waals surface area contributed by atoms with E-state index in [2.05, 4.69) is 22.2 Å². The fraction of sp³-hybridized carbons (Fsp3) is 0.438. The van der Waals surface area contributed by atoms with Gasteiger partial charge in [0.15, 0.2) is 5.03 Å². The number of amides is 1. The van der Waals surface area contributed by atoms with Crippen LogP contribution in [0.2, 0.25) is 5.02 Å². The molecule has 8 nitrogen and oxygen atoms in total. The summed E-state index contributed by atoms with van der Waals surface area (Å²) < 4.78 is 28.2. The number of rotatable bonds is 5. The lowest BCUT2D eigenvalue weighted by molar-refractivity contribution is -0.116. The average Bonchev–Trinajstić information content (AvgIpc) is 3.06. The summed E-state index contributed by atoms with van der Waals surface area (Å²) in [4.78, 5) is 20.0. The average molecular weight is 398 g/mol. The van der Waals surface area contributed by atoms with Gasteiger partial charge in [0.1, 0.15) is 12.4 Å². The molecule has 0 atom stereocenters. The van der Waals surface area contributed by atoms with Gasteiger partial charge in [-0.2, -0.15) is 4.31 Å². The van der Waals surface area contributed by atoms with Crippen molar-refractivity contribution in [2.45, 2.75) is 31.3 Å². The van der Waals surface area contributed by atoms with Crippen molar-refractivity contribution in [3.8, 4) is 0 Å². The van der Waals surface area contributed by atoms with Crippen molar-refractivity contribution in [2.24, 2.45) is 5.92 Å². The smallest absolute Gasteiger partial charge is 0.262 e. The number of hydrogen-bond donors (Lipinski definition) is 1. The molecule has 3 heterocycles. The maximum absolute atomic E-state index is 12.6. The number of hydrogen-bond acceptors (Lipinski definition) is 5. The predicted octanol–water partition coefficient (Wildman–Crippen LogP) is 1.99. The molecule has 1 N–H and O–H groups in total. The maximum Gasteiger partial charge on any atom is 0.262 e. The molecule has 2 aromatic heterocycles. The van der Waals surface area contributed by atoms with Crippen LogP contribution in [0, 0.1) is 5.92 Å². The second-order valence-corrected chi connectivity index (χ2v) is 8.70. The molecule has 1 amide bonds. The molecule has 1 aliphatic heterocycles. The monoisotopic (exact) mass is 397 g/mol. The fourth-order valence-electron chi connectivity index (χ4n) is 2.71. The molecule has 2 aromatic rings. The topological polar surface area (TPSA) is 97.2 Å². The van der Waals surface area contributed by atoms with Crippen LogP contribution in [0.3, 0.4) is 0 Å². The van der Waals surface area contributed by atoms with Crippen LogP contribution in [0.25, 0.3) is 0 Å². The van der Waals surface area contributed by atoms with Gasteiger partial charge in [-0.25, -0.2) is 18.4 Å².